The third kappa shape index (κ3) is 3.65. The first-order chi connectivity index (χ1) is 10.1. The smallest absolute Gasteiger partial charge is 0.224 e. The van der Waals surface area contributed by atoms with Crippen LogP contribution in [0.5, 0.6) is 0 Å². The molecule has 0 radical (unpaired) electrons. The molecular formula is C14H19N7. The van der Waals surface area contributed by atoms with Crippen molar-refractivity contribution < 1.29 is 0 Å². The maximum Gasteiger partial charge on any atom is 0.224 e. The summed E-state index contributed by atoms with van der Waals surface area (Å²) in [5, 5.41) is 8.30. The van der Waals surface area contributed by atoms with E-state index in [1.165, 1.54) is 0 Å². The lowest BCUT2D eigenvalue weighted by Gasteiger charge is -2.05. The average Bonchev–Trinajstić information content (AvgIpc) is 2.45. The van der Waals surface area contributed by atoms with Crippen molar-refractivity contribution in [2.45, 2.75) is 26.2 Å². The number of anilines is 3. The number of nitrogen functional groups attached to an aromatic ring is 3. The molecule has 7 heteroatoms. The van der Waals surface area contributed by atoms with Crippen molar-refractivity contribution in [1.82, 2.24) is 9.97 Å². The minimum Gasteiger partial charge on any atom is -0.382 e. The summed E-state index contributed by atoms with van der Waals surface area (Å²) in [7, 11) is 0. The van der Waals surface area contributed by atoms with Crippen LogP contribution in [0, 0.1) is 0 Å². The number of aryl methyl sites for hydroxylation is 1. The van der Waals surface area contributed by atoms with Gasteiger partial charge in [-0.3, -0.25) is 0 Å². The Morgan fingerprint density at radius 2 is 1.67 bits per heavy atom. The van der Waals surface area contributed by atoms with E-state index in [4.69, 9.17) is 17.2 Å². The molecule has 21 heavy (non-hydrogen) atoms. The van der Waals surface area contributed by atoms with Gasteiger partial charge in [0, 0.05) is 0 Å². The van der Waals surface area contributed by atoms with Crippen molar-refractivity contribution in [2.24, 2.45) is 10.2 Å². The number of azo groups is 1. The SMILES string of the molecule is CCCCc1ccccc1N=Nc1c(N)nc(N)nc1N. The van der Waals surface area contributed by atoms with E-state index < -0.39 is 0 Å². The van der Waals surface area contributed by atoms with Gasteiger partial charge >= 0.3 is 0 Å². The second-order valence-electron chi connectivity index (χ2n) is 4.63. The fourth-order valence-corrected chi connectivity index (χ4v) is 1.90. The number of nitrogens with two attached hydrogens (primary N) is 3. The summed E-state index contributed by atoms with van der Waals surface area (Å²) in [5.74, 6) is 0.261. The topological polar surface area (TPSA) is 129 Å². The van der Waals surface area contributed by atoms with Gasteiger partial charge in [-0.15, -0.1) is 5.11 Å². The molecule has 1 aromatic heterocycles. The zero-order chi connectivity index (χ0) is 15.2. The lowest BCUT2D eigenvalue weighted by Crippen LogP contribution is -2.03. The molecule has 0 aliphatic carbocycles. The Bertz CT molecular complexity index is 629. The Labute approximate surface area is 123 Å². The first-order valence-electron chi connectivity index (χ1n) is 6.80. The molecule has 0 bridgehead atoms. The number of unbranched alkanes of at least 4 members (excludes halogenated alkanes) is 1. The van der Waals surface area contributed by atoms with Gasteiger partial charge in [0.15, 0.2) is 17.3 Å². The van der Waals surface area contributed by atoms with E-state index in [0.29, 0.717) is 0 Å². The molecule has 0 saturated carbocycles. The largest absolute Gasteiger partial charge is 0.382 e. The van der Waals surface area contributed by atoms with Crippen molar-refractivity contribution in [1.29, 1.82) is 0 Å². The second-order valence-corrected chi connectivity index (χ2v) is 4.63. The first kappa shape index (κ1) is 14.7. The number of nitrogens with zero attached hydrogens (tertiary/aromatic N) is 4. The molecule has 0 unspecified atom stereocenters. The third-order valence-corrected chi connectivity index (χ3v) is 3.00. The van der Waals surface area contributed by atoms with E-state index >= 15 is 0 Å². The fourth-order valence-electron chi connectivity index (χ4n) is 1.90. The van der Waals surface area contributed by atoms with Crippen LogP contribution in [0.1, 0.15) is 25.3 Å². The molecule has 0 fully saturated rings. The molecule has 0 amide bonds. The van der Waals surface area contributed by atoms with Crippen molar-refractivity contribution in [3.05, 3.63) is 29.8 Å². The molecule has 6 N–H and O–H groups in total. The number of hydrogen-bond donors (Lipinski definition) is 3. The first-order valence-corrected chi connectivity index (χ1v) is 6.80. The molecule has 2 rings (SSSR count). The minimum absolute atomic E-state index is 0.0206. The summed E-state index contributed by atoms with van der Waals surface area (Å²) >= 11 is 0. The van der Waals surface area contributed by atoms with Gasteiger partial charge in [0.1, 0.15) is 0 Å². The summed E-state index contributed by atoms with van der Waals surface area (Å²) in [4.78, 5) is 7.66. The molecule has 1 heterocycles. The van der Waals surface area contributed by atoms with Crippen LogP contribution < -0.4 is 17.2 Å². The maximum absolute atomic E-state index is 5.74. The van der Waals surface area contributed by atoms with Gasteiger partial charge in [-0.25, -0.2) is 0 Å². The summed E-state index contributed by atoms with van der Waals surface area (Å²) in [5.41, 5.74) is 19.1. The van der Waals surface area contributed by atoms with Crippen LogP contribution in [-0.2, 0) is 6.42 Å². The average molecular weight is 285 g/mol. The molecule has 2 aromatic rings. The number of rotatable bonds is 5. The van der Waals surface area contributed by atoms with E-state index in [1.54, 1.807) is 0 Å². The number of hydrogen-bond acceptors (Lipinski definition) is 7. The summed E-state index contributed by atoms with van der Waals surface area (Å²) in [6, 6.07) is 7.84. The third-order valence-electron chi connectivity index (χ3n) is 3.00. The Morgan fingerprint density at radius 3 is 2.33 bits per heavy atom. The van der Waals surface area contributed by atoms with Crippen molar-refractivity contribution >= 4 is 29.0 Å². The highest BCUT2D eigenvalue weighted by Gasteiger charge is 2.08. The lowest BCUT2D eigenvalue weighted by molar-refractivity contribution is 0.794. The van der Waals surface area contributed by atoms with E-state index in [1.807, 2.05) is 24.3 Å². The van der Waals surface area contributed by atoms with Gasteiger partial charge in [0.25, 0.3) is 0 Å². The van der Waals surface area contributed by atoms with Gasteiger partial charge < -0.3 is 17.2 Å². The standard InChI is InChI=1S/C14H19N7/c1-2-3-6-9-7-4-5-8-10(9)20-21-11-12(15)18-14(17)19-13(11)16/h4-5,7-8H,2-3,6H2,1H3,(H6,15,16,17,18,19). The van der Waals surface area contributed by atoms with Crippen LogP contribution in [0.2, 0.25) is 0 Å². The Kier molecular flexibility index (Phi) is 4.65. The van der Waals surface area contributed by atoms with Gasteiger partial charge in [-0.2, -0.15) is 15.1 Å². The maximum atomic E-state index is 5.74. The van der Waals surface area contributed by atoms with E-state index in [0.717, 1.165) is 30.5 Å². The zero-order valence-corrected chi connectivity index (χ0v) is 12.0. The fraction of sp³-hybridized carbons (Fsp3) is 0.286. The molecule has 7 nitrogen and oxygen atoms in total. The van der Waals surface area contributed by atoms with Crippen LogP contribution in [0.3, 0.4) is 0 Å². The monoisotopic (exact) mass is 285 g/mol. The van der Waals surface area contributed by atoms with Crippen LogP contribution in [0.4, 0.5) is 29.0 Å². The summed E-state index contributed by atoms with van der Waals surface area (Å²) in [6.07, 6.45) is 3.17. The second kappa shape index (κ2) is 6.65. The summed E-state index contributed by atoms with van der Waals surface area (Å²) < 4.78 is 0. The molecule has 0 aliphatic rings. The highest BCUT2D eigenvalue weighted by molar-refractivity contribution is 5.71. The molecule has 0 saturated heterocycles. The van der Waals surface area contributed by atoms with Gasteiger partial charge in [0.2, 0.25) is 5.95 Å². The Balaban J connectivity index is 2.30. The Morgan fingerprint density at radius 1 is 1.00 bits per heavy atom. The van der Waals surface area contributed by atoms with Crippen LogP contribution in [-0.4, -0.2) is 9.97 Å². The number of benzene rings is 1. The minimum atomic E-state index is 0.0206. The molecule has 0 spiro atoms. The van der Waals surface area contributed by atoms with Crippen LogP contribution >= 0.6 is 0 Å². The van der Waals surface area contributed by atoms with Crippen LogP contribution in [0.15, 0.2) is 34.5 Å². The normalized spacial score (nSPS) is 11.1. The predicted molar refractivity (Wildman–Crippen MR) is 84.5 cm³/mol. The van der Waals surface area contributed by atoms with Crippen molar-refractivity contribution in [2.75, 3.05) is 17.2 Å². The van der Waals surface area contributed by atoms with E-state index in [9.17, 15) is 0 Å². The van der Waals surface area contributed by atoms with E-state index in [-0.39, 0.29) is 23.3 Å². The quantitative estimate of drug-likeness (QED) is 0.727. The van der Waals surface area contributed by atoms with Crippen molar-refractivity contribution in [3.63, 3.8) is 0 Å². The highest BCUT2D eigenvalue weighted by atomic mass is 15.2. The molecular weight excluding hydrogens is 266 g/mol. The van der Waals surface area contributed by atoms with Gasteiger partial charge in [-0.05, 0) is 24.5 Å². The highest BCUT2D eigenvalue weighted by Crippen LogP contribution is 2.30. The molecule has 110 valence electrons. The number of aromatic nitrogens is 2. The van der Waals surface area contributed by atoms with Crippen molar-refractivity contribution in [3.8, 4) is 0 Å². The lowest BCUT2D eigenvalue weighted by atomic mass is 10.1. The molecule has 1 aromatic carbocycles. The van der Waals surface area contributed by atoms with Gasteiger partial charge in [-0.1, -0.05) is 31.5 Å². The Hall–Kier alpha value is -2.70. The zero-order valence-electron chi connectivity index (χ0n) is 12.0. The molecule has 0 atom stereocenters. The summed E-state index contributed by atoms with van der Waals surface area (Å²) in [6.45, 7) is 2.15. The van der Waals surface area contributed by atoms with Gasteiger partial charge in [0.05, 0.1) is 5.69 Å². The van der Waals surface area contributed by atoms with E-state index in [2.05, 4.69) is 27.1 Å². The molecule has 0 aliphatic heterocycles. The predicted octanol–water partition coefficient (Wildman–Crippen LogP) is 2.98. The van der Waals surface area contributed by atoms with Crippen LogP contribution in [0.25, 0.3) is 0 Å².